The maximum atomic E-state index is 5.39. The van der Waals surface area contributed by atoms with E-state index >= 15 is 0 Å². The van der Waals surface area contributed by atoms with Crippen LogP contribution in [-0.4, -0.2) is 15.1 Å². The third kappa shape index (κ3) is 1.51. The monoisotopic (exact) mass is 174 g/mol. The average Bonchev–Trinajstić information content (AvgIpc) is 2.53. The molecule has 0 aliphatic heterocycles. The number of nitrogens with zero attached hydrogens (tertiary/aromatic N) is 3. The highest BCUT2D eigenvalue weighted by Gasteiger charge is 2.00. The maximum Gasteiger partial charge on any atom is 0.115 e. The number of nitrogen functional groups attached to an aromatic ring is 1. The minimum atomic E-state index is 0.794. The second-order valence-electron chi connectivity index (χ2n) is 2.95. The number of nitrogens with two attached hydrogens (primary N) is 1. The van der Waals surface area contributed by atoms with E-state index in [-0.39, 0.29) is 0 Å². The molecule has 0 aliphatic carbocycles. The van der Waals surface area contributed by atoms with E-state index in [2.05, 4.69) is 10.3 Å². The molecular formula is C9H10N4. The van der Waals surface area contributed by atoms with Crippen molar-refractivity contribution in [1.82, 2.24) is 15.1 Å². The van der Waals surface area contributed by atoms with Gasteiger partial charge in [0.1, 0.15) is 5.69 Å². The quantitative estimate of drug-likeness (QED) is 0.655. The summed E-state index contributed by atoms with van der Waals surface area (Å²) in [5, 5.41) is 7.56. The number of hydrogen-bond acceptors (Lipinski definition) is 3. The second-order valence-corrected chi connectivity index (χ2v) is 2.95. The molecule has 0 amide bonds. The van der Waals surface area contributed by atoms with Crippen LogP contribution in [0.4, 0.5) is 0 Å². The van der Waals surface area contributed by atoms with Crippen LogP contribution in [0.25, 0.3) is 11.3 Å². The topological polar surface area (TPSA) is 56.7 Å². The van der Waals surface area contributed by atoms with Crippen molar-refractivity contribution in [1.29, 1.82) is 0 Å². The Morgan fingerprint density at radius 3 is 2.46 bits per heavy atom. The molecule has 1 aromatic heterocycles. The van der Waals surface area contributed by atoms with E-state index in [0.29, 0.717) is 0 Å². The second kappa shape index (κ2) is 2.90. The minimum Gasteiger partial charge on any atom is -0.322 e. The van der Waals surface area contributed by atoms with Crippen LogP contribution < -0.4 is 5.84 Å². The van der Waals surface area contributed by atoms with Gasteiger partial charge in [-0.1, -0.05) is 29.8 Å². The van der Waals surface area contributed by atoms with Gasteiger partial charge in [-0.15, -0.1) is 5.10 Å². The molecule has 66 valence electrons. The zero-order valence-corrected chi connectivity index (χ0v) is 7.31. The molecule has 0 atom stereocenters. The first-order valence-corrected chi connectivity index (χ1v) is 4.00. The molecule has 1 heterocycles. The largest absolute Gasteiger partial charge is 0.322 e. The predicted molar refractivity (Wildman–Crippen MR) is 50.3 cm³/mol. The summed E-state index contributed by atoms with van der Waals surface area (Å²) in [6.07, 6.45) is 1.69. The number of aryl methyl sites for hydroxylation is 1. The van der Waals surface area contributed by atoms with Gasteiger partial charge in [0, 0.05) is 5.56 Å². The number of aromatic nitrogens is 3. The van der Waals surface area contributed by atoms with E-state index in [1.54, 1.807) is 6.20 Å². The highest BCUT2D eigenvalue weighted by Crippen LogP contribution is 2.15. The normalized spacial score (nSPS) is 10.2. The Morgan fingerprint density at radius 1 is 1.23 bits per heavy atom. The molecular weight excluding hydrogens is 164 g/mol. The van der Waals surface area contributed by atoms with Crippen molar-refractivity contribution in [2.45, 2.75) is 6.92 Å². The van der Waals surface area contributed by atoms with Gasteiger partial charge in [-0.2, -0.15) is 4.79 Å². The fraction of sp³-hybridized carbons (Fsp3) is 0.111. The first-order valence-electron chi connectivity index (χ1n) is 4.00. The van der Waals surface area contributed by atoms with Crippen LogP contribution in [0.1, 0.15) is 5.56 Å². The summed E-state index contributed by atoms with van der Waals surface area (Å²) >= 11 is 0. The molecule has 13 heavy (non-hydrogen) atoms. The Kier molecular flexibility index (Phi) is 1.73. The SMILES string of the molecule is Cc1ccc(-c2cn(N)nn2)cc1. The lowest BCUT2D eigenvalue weighted by Crippen LogP contribution is -2.07. The van der Waals surface area contributed by atoms with Crippen molar-refractivity contribution in [3.05, 3.63) is 36.0 Å². The molecule has 1 aromatic carbocycles. The third-order valence-electron chi connectivity index (χ3n) is 1.86. The van der Waals surface area contributed by atoms with Crippen LogP contribution in [0, 0.1) is 6.92 Å². The van der Waals surface area contributed by atoms with Gasteiger partial charge in [0.05, 0.1) is 6.20 Å². The van der Waals surface area contributed by atoms with Crippen molar-refractivity contribution >= 4 is 0 Å². The van der Waals surface area contributed by atoms with Gasteiger partial charge in [-0.25, -0.2) is 0 Å². The first kappa shape index (κ1) is 7.79. The van der Waals surface area contributed by atoms with Crippen molar-refractivity contribution < 1.29 is 0 Å². The van der Waals surface area contributed by atoms with Gasteiger partial charge in [0.25, 0.3) is 0 Å². The van der Waals surface area contributed by atoms with Gasteiger partial charge in [0.2, 0.25) is 0 Å². The van der Waals surface area contributed by atoms with Crippen LogP contribution >= 0.6 is 0 Å². The smallest absolute Gasteiger partial charge is 0.115 e. The van der Waals surface area contributed by atoms with Crippen LogP contribution in [0.2, 0.25) is 0 Å². The van der Waals surface area contributed by atoms with Gasteiger partial charge in [0.15, 0.2) is 0 Å². The predicted octanol–water partition coefficient (Wildman–Crippen LogP) is 0.967. The van der Waals surface area contributed by atoms with Crippen LogP contribution in [0.5, 0.6) is 0 Å². The third-order valence-corrected chi connectivity index (χ3v) is 1.86. The highest BCUT2D eigenvalue weighted by atomic mass is 15.6. The Balaban J connectivity index is 2.41. The Hall–Kier alpha value is -1.84. The zero-order chi connectivity index (χ0) is 9.26. The van der Waals surface area contributed by atoms with Crippen molar-refractivity contribution in [2.75, 3.05) is 5.84 Å². The number of hydrogen-bond donors (Lipinski definition) is 1. The number of rotatable bonds is 1. The molecule has 2 N–H and O–H groups in total. The molecule has 4 nitrogen and oxygen atoms in total. The standard InChI is InChI=1S/C9H10N4/c1-7-2-4-8(5-3-7)9-6-13(10)12-11-9/h2-6H,10H2,1H3. The van der Waals surface area contributed by atoms with Gasteiger partial charge in [-0.3, -0.25) is 0 Å². The summed E-state index contributed by atoms with van der Waals surface area (Å²) in [5.74, 6) is 5.39. The molecule has 0 unspecified atom stereocenters. The van der Waals surface area contributed by atoms with E-state index < -0.39 is 0 Å². The Labute approximate surface area is 76.0 Å². The highest BCUT2D eigenvalue weighted by molar-refractivity contribution is 5.57. The average molecular weight is 174 g/mol. The minimum absolute atomic E-state index is 0.794. The Morgan fingerprint density at radius 2 is 1.92 bits per heavy atom. The van der Waals surface area contributed by atoms with Gasteiger partial charge >= 0.3 is 0 Å². The summed E-state index contributed by atoms with van der Waals surface area (Å²) in [6, 6.07) is 8.06. The molecule has 4 heteroatoms. The van der Waals surface area contributed by atoms with E-state index in [4.69, 9.17) is 5.84 Å². The molecule has 0 saturated carbocycles. The maximum absolute atomic E-state index is 5.39. The molecule has 2 rings (SSSR count). The van der Waals surface area contributed by atoms with Gasteiger partial charge in [-0.05, 0) is 12.1 Å². The molecule has 0 saturated heterocycles. The van der Waals surface area contributed by atoms with E-state index in [0.717, 1.165) is 11.3 Å². The summed E-state index contributed by atoms with van der Waals surface area (Å²) in [4.78, 5) is 1.20. The zero-order valence-electron chi connectivity index (χ0n) is 7.31. The molecule has 0 aliphatic rings. The van der Waals surface area contributed by atoms with Crippen LogP contribution in [0.3, 0.4) is 0 Å². The van der Waals surface area contributed by atoms with Gasteiger partial charge < -0.3 is 5.84 Å². The lowest BCUT2D eigenvalue weighted by atomic mass is 10.1. The van der Waals surface area contributed by atoms with Crippen molar-refractivity contribution in [3.63, 3.8) is 0 Å². The fourth-order valence-corrected chi connectivity index (χ4v) is 1.13. The van der Waals surface area contributed by atoms with Crippen LogP contribution in [-0.2, 0) is 0 Å². The molecule has 0 fully saturated rings. The molecule has 0 bridgehead atoms. The van der Waals surface area contributed by atoms with E-state index in [1.807, 2.05) is 31.2 Å². The van der Waals surface area contributed by atoms with Crippen molar-refractivity contribution in [3.8, 4) is 11.3 Å². The molecule has 2 aromatic rings. The van der Waals surface area contributed by atoms with Crippen molar-refractivity contribution in [2.24, 2.45) is 0 Å². The molecule has 0 spiro atoms. The van der Waals surface area contributed by atoms with Crippen LogP contribution in [0.15, 0.2) is 30.5 Å². The molecule has 0 radical (unpaired) electrons. The fourth-order valence-electron chi connectivity index (χ4n) is 1.13. The van der Waals surface area contributed by atoms with E-state index in [9.17, 15) is 0 Å². The summed E-state index contributed by atoms with van der Waals surface area (Å²) in [5.41, 5.74) is 3.05. The summed E-state index contributed by atoms with van der Waals surface area (Å²) in [7, 11) is 0. The summed E-state index contributed by atoms with van der Waals surface area (Å²) < 4.78 is 0. The lowest BCUT2D eigenvalue weighted by Gasteiger charge is -1.95. The lowest BCUT2D eigenvalue weighted by molar-refractivity contribution is 0.766. The number of benzene rings is 1. The van der Waals surface area contributed by atoms with E-state index in [1.165, 1.54) is 10.4 Å². The summed E-state index contributed by atoms with van der Waals surface area (Å²) in [6.45, 7) is 2.05. The first-order chi connectivity index (χ1) is 6.25. The Bertz CT molecular complexity index is 402.